The minimum Gasteiger partial charge on any atom is -0.356 e. The van der Waals surface area contributed by atoms with Crippen LogP contribution in [0.25, 0.3) is 0 Å². The van der Waals surface area contributed by atoms with Crippen molar-refractivity contribution in [3.8, 4) is 0 Å². The molecule has 2 aromatic carbocycles. The summed E-state index contributed by atoms with van der Waals surface area (Å²) < 4.78 is 0. The molecule has 0 aliphatic carbocycles. The Morgan fingerprint density at radius 1 is 1.00 bits per heavy atom. The third-order valence-electron chi connectivity index (χ3n) is 2.99. The molecule has 1 aliphatic rings. The normalized spacial score (nSPS) is 17.7. The molecule has 3 nitrogen and oxygen atoms in total. The summed E-state index contributed by atoms with van der Waals surface area (Å²) in [7, 11) is 0. The van der Waals surface area contributed by atoms with Crippen molar-refractivity contribution in [2.45, 2.75) is 12.9 Å². The summed E-state index contributed by atoms with van der Waals surface area (Å²) in [5.74, 6) is 0. The van der Waals surface area contributed by atoms with E-state index < -0.39 is 6.35 Å². The number of anilines is 2. The van der Waals surface area contributed by atoms with Gasteiger partial charge in [0.05, 0.1) is 11.4 Å². The van der Waals surface area contributed by atoms with Gasteiger partial charge in [0, 0.05) is 6.54 Å². The molecule has 0 amide bonds. The van der Waals surface area contributed by atoms with E-state index in [1.807, 2.05) is 47.4 Å². The van der Waals surface area contributed by atoms with Crippen molar-refractivity contribution < 1.29 is 5.11 Å². The molecule has 1 unspecified atom stereocenters. The molecule has 0 radical (unpaired) electrons. The van der Waals surface area contributed by atoms with Crippen LogP contribution in [-0.4, -0.2) is 11.5 Å². The number of para-hydroxylation sites is 2. The molecule has 0 saturated carbocycles. The van der Waals surface area contributed by atoms with Crippen molar-refractivity contribution in [2.24, 2.45) is 0 Å². The van der Waals surface area contributed by atoms with Gasteiger partial charge in [0.15, 0.2) is 0 Å². The molecular weight excluding hydrogens is 212 g/mol. The van der Waals surface area contributed by atoms with Gasteiger partial charge in [-0.15, -0.1) is 0 Å². The highest BCUT2D eigenvalue weighted by Gasteiger charge is 2.25. The van der Waals surface area contributed by atoms with Crippen LogP contribution < -0.4 is 10.2 Å². The molecule has 1 aliphatic heterocycles. The van der Waals surface area contributed by atoms with Gasteiger partial charge in [-0.05, 0) is 17.7 Å². The maximum atomic E-state index is 9.99. The molecule has 86 valence electrons. The quantitative estimate of drug-likeness (QED) is 0.825. The zero-order valence-electron chi connectivity index (χ0n) is 9.38. The molecule has 3 heteroatoms. The van der Waals surface area contributed by atoms with Crippen LogP contribution in [0.1, 0.15) is 5.56 Å². The highest BCUT2D eigenvalue weighted by molar-refractivity contribution is 5.75. The van der Waals surface area contributed by atoms with Crippen molar-refractivity contribution >= 4 is 11.4 Å². The van der Waals surface area contributed by atoms with Crippen LogP contribution in [0.15, 0.2) is 54.6 Å². The van der Waals surface area contributed by atoms with Crippen LogP contribution >= 0.6 is 0 Å². The summed E-state index contributed by atoms with van der Waals surface area (Å²) in [5.41, 5.74) is 3.21. The van der Waals surface area contributed by atoms with E-state index >= 15 is 0 Å². The molecule has 1 atom stereocenters. The van der Waals surface area contributed by atoms with Crippen LogP contribution in [0.3, 0.4) is 0 Å². The molecule has 0 fully saturated rings. The fourth-order valence-corrected chi connectivity index (χ4v) is 2.15. The van der Waals surface area contributed by atoms with Crippen LogP contribution in [0.2, 0.25) is 0 Å². The minimum atomic E-state index is -0.646. The lowest BCUT2D eigenvalue weighted by atomic mass is 10.2. The van der Waals surface area contributed by atoms with Crippen molar-refractivity contribution in [1.82, 2.24) is 0 Å². The van der Waals surface area contributed by atoms with Crippen LogP contribution in [0.4, 0.5) is 11.4 Å². The maximum Gasteiger partial charge on any atom is 0.205 e. The van der Waals surface area contributed by atoms with E-state index in [9.17, 15) is 5.11 Å². The first-order valence-corrected chi connectivity index (χ1v) is 5.69. The second kappa shape index (κ2) is 4.11. The highest BCUT2D eigenvalue weighted by Crippen LogP contribution is 2.34. The Morgan fingerprint density at radius 2 is 1.71 bits per heavy atom. The monoisotopic (exact) mass is 226 g/mol. The van der Waals surface area contributed by atoms with Gasteiger partial charge in [0.25, 0.3) is 0 Å². The van der Waals surface area contributed by atoms with Crippen LogP contribution in [0, 0.1) is 0 Å². The Balaban J connectivity index is 1.89. The van der Waals surface area contributed by atoms with Gasteiger partial charge in [0.2, 0.25) is 6.35 Å². The van der Waals surface area contributed by atoms with Gasteiger partial charge >= 0.3 is 0 Å². The number of aliphatic hydroxyl groups is 1. The van der Waals surface area contributed by atoms with Crippen LogP contribution in [0.5, 0.6) is 0 Å². The second-order valence-electron chi connectivity index (χ2n) is 4.15. The van der Waals surface area contributed by atoms with E-state index in [-0.39, 0.29) is 0 Å². The number of nitrogens with zero attached hydrogens (tertiary/aromatic N) is 1. The molecular formula is C14H14N2O. The average molecular weight is 226 g/mol. The van der Waals surface area contributed by atoms with E-state index in [2.05, 4.69) is 17.4 Å². The predicted octanol–water partition coefficient (Wildman–Crippen LogP) is 2.39. The predicted molar refractivity (Wildman–Crippen MR) is 68.7 cm³/mol. The molecule has 17 heavy (non-hydrogen) atoms. The molecule has 0 saturated heterocycles. The van der Waals surface area contributed by atoms with Gasteiger partial charge in [-0.2, -0.15) is 0 Å². The fourth-order valence-electron chi connectivity index (χ4n) is 2.15. The lowest BCUT2D eigenvalue weighted by Gasteiger charge is -2.22. The molecule has 3 rings (SSSR count). The minimum absolute atomic E-state index is 0.646. The molecule has 0 bridgehead atoms. The first kappa shape index (κ1) is 10.2. The van der Waals surface area contributed by atoms with Crippen LogP contribution in [-0.2, 0) is 6.54 Å². The topological polar surface area (TPSA) is 35.5 Å². The number of benzene rings is 2. The molecule has 2 aromatic rings. The Labute approximate surface area is 100 Å². The lowest BCUT2D eigenvalue weighted by Crippen LogP contribution is -2.34. The maximum absolute atomic E-state index is 9.99. The zero-order valence-corrected chi connectivity index (χ0v) is 9.38. The van der Waals surface area contributed by atoms with E-state index in [0.29, 0.717) is 6.54 Å². The van der Waals surface area contributed by atoms with Crippen molar-refractivity contribution in [3.05, 3.63) is 60.2 Å². The Kier molecular flexibility index (Phi) is 2.46. The van der Waals surface area contributed by atoms with E-state index in [0.717, 1.165) is 11.4 Å². The number of hydrogen-bond acceptors (Lipinski definition) is 3. The summed E-state index contributed by atoms with van der Waals surface area (Å²) in [5, 5.41) is 13.0. The number of fused-ring (bicyclic) bond motifs is 1. The lowest BCUT2D eigenvalue weighted by molar-refractivity contribution is 0.202. The average Bonchev–Trinajstić information content (AvgIpc) is 2.68. The van der Waals surface area contributed by atoms with E-state index in [4.69, 9.17) is 0 Å². The first-order valence-electron chi connectivity index (χ1n) is 5.69. The summed E-state index contributed by atoms with van der Waals surface area (Å²) in [4.78, 5) is 1.95. The zero-order chi connectivity index (χ0) is 11.7. The molecule has 0 spiro atoms. The Hall–Kier alpha value is -2.00. The number of nitrogens with one attached hydrogen (secondary N) is 1. The summed E-state index contributed by atoms with van der Waals surface area (Å²) in [6, 6.07) is 18.1. The highest BCUT2D eigenvalue weighted by atomic mass is 16.3. The Morgan fingerprint density at radius 3 is 2.53 bits per heavy atom. The third kappa shape index (κ3) is 1.85. The summed E-state index contributed by atoms with van der Waals surface area (Å²) in [6.07, 6.45) is -0.646. The van der Waals surface area contributed by atoms with Crippen molar-refractivity contribution in [2.75, 3.05) is 10.2 Å². The molecule has 1 heterocycles. The standard InChI is InChI=1S/C14H14N2O/c17-14-15-12-8-4-5-9-13(12)16(14)10-11-6-2-1-3-7-11/h1-9,14-15,17H,10H2. The fraction of sp³-hybridized carbons (Fsp3) is 0.143. The summed E-state index contributed by atoms with van der Waals surface area (Å²) >= 11 is 0. The number of aliphatic hydroxyl groups excluding tert-OH is 1. The number of rotatable bonds is 2. The largest absolute Gasteiger partial charge is 0.356 e. The molecule has 0 aromatic heterocycles. The molecule has 2 N–H and O–H groups in total. The van der Waals surface area contributed by atoms with Gasteiger partial charge in [-0.1, -0.05) is 42.5 Å². The van der Waals surface area contributed by atoms with Gasteiger partial charge < -0.3 is 15.3 Å². The second-order valence-corrected chi connectivity index (χ2v) is 4.15. The van der Waals surface area contributed by atoms with E-state index in [1.54, 1.807) is 0 Å². The smallest absolute Gasteiger partial charge is 0.205 e. The summed E-state index contributed by atoms with van der Waals surface area (Å²) in [6.45, 7) is 0.700. The first-order chi connectivity index (χ1) is 8.34. The van der Waals surface area contributed by atoms with Crippen molar-refractivity contribution in [3.63, 3.8) is 0 Å². The van der Waals surface area contributed by atoms with E-state index in [1.165, 1.54) is 5.56 Å². The number of hydrogen-bond donors (Lipinski definition) is 2. The third-order valence-corrected chi connectivity index (χ3v) is 2.99. The van der Waals surface area contributed by atoms with Gasteiger partial charge in [-0.25, -0.2) is 0 Å². The SMILES string of the molecule is OC1Nc2ccccc2N1Cc1ccccc1. The van der Waals surface area contributed by atoms with Gasteiger partial charge in [0.1, 0.15) is 0 Å². The Bertz CT molecular complexity index is 513. The van der Waals surface area contributed by atoms with Gasteiger partial charge in [-0.3, -0.25) is 0 Å². The van der Waals surface area contributed by atoms with Crippen molar-refractivity contribution in [1.29, 1.82) is 0 Å².